The lowest BCUT2D eigenvalue weighted by Gasteiger charge is -2.10. The number of rotatable bonds is 5. The average Bonchev–Trinajstić information content (AvgIpc) is 3.18. The minimum absolute atomic E-state index is 0.0111. The third-order valence-corrected chi connectivity index (χ3v) is 5.40. The van der Waals surface area contributed by atoms with E-state index in [1.165, 1.54) is 11.8 Å². The fourth-order valence-corrected chi connectivity index (χ4v) is 3.83. The number of thioether (sulfide) groups is 1. The smallest absolute Gasteiger partial charge is 0.277 e. The molecule has 0 bridgehead atoms. The Morgan fingerprint density at radius 3 is 2.76 bits per heavy atom. The summed E-state index contributed by atoms with van der Waals surface area (Å²) in [7, 11) is 3.49. The summed E-state index contributed by atoms with van der Waals surface area (Å²) in [5.74, 6) is 1.14. The highest BCUT2D eigenvalue weighted by molar-refractivity contribution is 7.98. The number of nitrogens with zero attached hydrogens (tertiary/aromatic N) is 4. The lowest BCUT2D eigenvalue weighted by Crippen LogP contribution is -2.21. The van der Waals surface area contributed by atoms with Gasteiger partial charge in [-0.3, -0.25) is 4.79 Å². The molecule has 0 fully saturated rings. The first-order valence-electron chi connectivity index (χ1n) is 7.65. The van der Waals surface area contributed by atoms with E-state index in [4.69, 9.17) is 4.42 Å². The lowest BCUT2D eigenvalue weighted by molar-refractivity contribution is 0.0827. The van der Waals surface area contributed by atoms with E-state index in [0.717, 1.165) is 21.1 Å². The first-order chi connectivity index (χ1) is 11.9. The summed E-state index contributed by atoms with van der Waals surface area (Å²) in [5.41, 5.74) is 2.60. The van der Waals surface area contributed by atoms with E-state index in [1.54, 1.807) is 30.3 Å². The second kappa shape index (κ2) is 7.37. The molecule has 0 aliphatic rings. The first-order valence-corrected chi connectivity index (χ1v) is 9.45. The number of amides is 1. The Hall–Kier alpha value is -2.19. The van der Waals surface area contributed by atoms with Crippen molar-refractivity contribution in [3.63, 3.8) is 0 Å². The number of benzene rings is 1. The summed E-state index contributed by atoms with van der Waals surface area (Å²) >= 11 is 2.99. The summed E-state index contributed by atoms with van der Waals surface area (Å²) < 4.78 is 5.74. The largest absolute Gasteiger partial charge is 0.410 e. The van der Waals surface area contributed by atoms with Gasteiger partial charge in [0, 0.05) is 25.4 Å². The lowest BCUT2D eigenvalue weighted by atomic mass is 10.1. The maximum absolute atomic E-state index is 12.0. The molecule has 130 valence electrons. The number of hydrogen-bond acceptors (Lipinski definition) is 7. The quantitative estimate of drug-likeness (QED) is 0.633. The van der Waals surface area contributed by atoms with Crippen LogP contribution in [0.25, 0.3) is 10.8 Å². The second-order valence-corrected chi connectivity index (χ2v) is 7.84. The van der Waals surface area contributed by atoms with Gasteiger partial charge in [-0.25, -0.2) is 4.98 Å². The fourth-order valence-electron chi connectivity index (χ4n) is 2.29. The molecule has 1 amide bonds. The van der Waals surface area contributed by atoms with Crippen LogP contribution in [0.4, 0.5) is 0 Å². The number of carbonyl (C=O) groups is 1. The van der Waals surface area contributed by atoms with Gasteiger partial charge in [-0.05, 0) is 31.5 Å². The fraction of sp³-hybridized carbons (Fsp3) is 0.294. The summed E-state index contributed by atoms with van der Waals surface area (Å²) in [6.07, 6.45) is 0. The zero-order valence-electron chi connectivity index (χ0n) is 14.4. The third kappa shape index (κ3) is 4.08. The number of aromatic nitrogens is 3. The van der Waals surface area contributed by atoms with Crippen molar-refractivity contribution in [3.8, 4) is 10.8 Å². The molecule has 0 spiro atoms. The number of thiazole rings is 1. The van der Waals surface area contributed by atoms with Gasteiger partial charge >= 0.3 is 0 Å². The molecule has 1 aromatic carbocycles. The molecule has 6 nitrogen and oxygen atoms in total. The van der Waals surface area contributed by atoms with Crippen molar-refractivity contribution < 1.29 is 9.21 Å². The summed E-state index contributed by atoms with van der Waals surface area (Å²) in [4.78, 5) is 18.9. The van der Waals surface area contributed by atoms with Crippen molar-refractivity contribution in [3.05, 3.63) is 46.1 Å². The molecule has 0 aliphatic carbocycles. The van der Waals surface area contributed by atoms with Crippen LogP contribution < -0.4 is 0 Å². The monoisotopic (exact) mass is 374 g/mol. The van der Waals surface area contributed by atoms with Crippen LogP contribution in [0.2, 0.25) is 0 Å². The molecule has 0 saturated carbocycles. The molecule has 2 heterocycles. The SMILES string of the molecule is Cc1nc(C)c(-c2nnc(SCc3cccc(C(=O)N(C)C)c3)o2)s1. The standard InChI is InChI=1S/C17H18N4O2S2/c1-10-14(25-11(2)18-10)15-19-20-17(23-15)24-9-12-6-5-7-13(8-12)16(22)21(3)4/h5-8H,9H2,1-4H3. The number of aryl methyl sites for hydroxylation is 2. The van der Waals surface area contributed by atoms with E-state index in [2.05, 4.69) is 15.2 Å². The van der Waals surface area contributed by atoms with E-state index in [9.17, 15) is 4.79 Å². The zero-order valence-corrected chi connectivity index (χ0v) is 16.1. The van der Waals surface area contributed by atoms with Gasteiger partial charge in [0.2, 0.25) is 0 Å². The van der Waals surface area contributed by atoms with Crippen molar-refractivity contribution in [2.75, 3.05) is 14.1 Å². The van der Waals surface area contributed by atoms with E-state index in [1.807, 2.05) is 38.1 Å². The van der Waals surface area contributed by atoms with Crippen LogP contribution in [0.1, 0.15) is 26.6 Å². The molecule has 0 radical (unpaired) electrons. The van der Waals surface area contributed by atoms with E-state index < -0.39 is 0 Å². The van der Waals surface area contributed by atoms with Crippen LogP contribution >= 0.6 is 23.1 Å². The van der Waals surface area contributed by atoms with Crippen molar-refractivity contribution >= 4 is 29.0 Å². The van der Waals surface area contributed by atoms with E-state index in [-0.39, 0.29) is 5.91 Å². The predicted molar refractivity (Wildman–Crippen MR) is 98.9 cm³/mol. The topological polar surface area (TPSA) is 72.1 Å². The molecular weight excluding hydrogens is 356 g/mol. The summed E-state index contributed by atoms with van der Waals surface area (Å²) in [6, 6.07) is 7.57. The molecule has 0 aliphatic heterocycles. The van der Waals surface area contributed by atoms with E-state index in [0.29, 0.717) is 22.4 Å². The molecular formula is C17H18N4O2S2. The Labute approximate surface area is 154 Å². The molecule has 2 aromatic heterocycles. The Kier molecular flexibility index (Phi) is 5.19. The van der Waals surface area contributed by atoms with Gasteiger partial charge in [0.15, 0.2) is 0 Å². The highest BCUT2D eigenvalue weighted by atomic mass is 32.2. The van der Waals surface area contributed by atoms with Crippen molar-refractivity contribution in [1.82, 2.24) is 20.1 Å². The molecule has 3 aromatic rings. The van der Waals surface area contributed by atoms with Crippen LogP contribution in [-0.2, 0) is 5.75 Å². The zero-order chi connectivity index (χ0) is 18.0. The minimum atomic E-state index is -0.0111. The van der Waals surface area contributed by atoms with Gasteiger partial charge in [0.1, 0.15) is 4.88 Å². The molecule has 8 heteroatoms. The Morgan fingerprint density at radius 1 is 1.28 bits per heavy atom. The summed E-state index contributed by atoms with van der Waals surface area (Å²) in [5, 5.41) is 9.69. The number of carbonyl (C=O) groups excluding carboxylic acids is 1. The Balaban J connectivity index is 1.70. The molecule has 0 atom stereocenters. The molecule has 25 heavy (non-hydrogen) atoms. The third-order valence-electron chi connectivity index (χ3n) is 3.45. The van der Waals surface area contributed by atoms with Crippen LogP contribution in [0.15, 0.2) is 33.9 Å². The van der Waals surface area contributed by atoms with Gasteiger partial charge < -0.3 is 9.32 Å². The van der Waals surface area contributed by atoms with Gasteiger partial charge in [0.05, 0.1) is 10.7 Å². The maximum atomic E-state index is 12.0. The maximum Gasteiger partial charge on any atom is 0.277 e. The Bertz CT molecular complexity index is 902. The summed E-state index contributed by atoms with van der Waals surface area (Å²) in [6.45, 7) is 3.89. The molecule has 0 N–H and O–H groups in total. The van der Waals surface area contributed by atoms with Gasteiger partial charge in [-0.15, -0.1) is 21.5 Å². The van der Waals surface area contributed by atoms with Crippen LogP contribution in [0.5, 0.6) is 0 Å². The average molecular weight is 374 g/mol. The molecule has 3 rings (SSSR count). The molecule has 0 unspecified atom stereocenters. The van der Waals surface area contributed by atoms with Crippen LogP contribution in [-0.4, -0.2) is 40.1 Å². The van der Waals surface area contributed by atoms with Crippen LogP contribution in [0, 0.1) is 13.8 Å². The Morgan fingerprint density at radius 2 is 2.08 bits per heavy atom. The van der Waals surface area contributed by atoms with Gasteiger partial charge in [0.25, 0.3) is 17.0 Å². The second-order valence-electron chi connectivity index (χ2n) is 5.71. The van der Waals surface area contributed by atoms with Gasteiger partial charge in [-0.2, -0.15) is 0 Å². The normalized spacial score (nSPS) is 10.9. The van der Waals surface area contributed by atoms with Crippen molar-refractivity contribution in [2.45, 2.75) is 24.8 Å². The van der Waals surface area contributed by atoms with Crippen LogP contribution in [0.3, 0.4) is 0 Å². The highest BCUT2D eigenvalue weighted by Gasteiger charge is 2.15. The molecule has 0 saturated heterocycles. The van der Waals surface area contributed by atoms with Crippen molar-refractivity contribution in [2.24, 2.45) is 0 Å². The first kappa shape index (κ1) is 17.6. The number of hydrogen-bond donors (Lipinski definition) is 0. The highest BCUT2D eigenvalue weighted by Crippen LogP contribution is 2.31. The van der Waals surface area contributed by atoms with E-state index >= 15 is 0 Å². The predicted octanol–water partition coefficient (Wildman–Crippen LogP) is 3.80. The van der Waals surface area contributed by atoms with Crippen molar-refractivity contribution in [1.29, 1.82) is 0 Å². The van der Waals surface area contributed by atoms with Gasteiger partial charge in [-0.1, -0.05) is 23.9 Å². The minimum Gasteiger partial charge on any atom is -0.410 e.